The number of halogens is 1. The molecule has 2 aromatic carbocycles. The number of hydrogen-bond acceptors (Lipinski definition) is 6. The number of likely N-dealkylation sites (tertiary alicyclic amines) is 1. The van der Waals surface area contributed by atoms with E-state index in [4.69, 9.17) is 25.8 Å². The number of hydrogen-bond donors (Lipinski definition) is 0. The highest BCUT2D eigenvalue weighted by molar-refractivity contribution is 6.29. The number of benzene rings is 2. The van der Waals surface area contributed by atoms with Crippen LogP contribution in [0.5, 0.6) is 11.6 Å². The van der Waals surface area contributed by atoms with E-state index in [0.29, 0.717) is 42.8 Å². The van der Waals surface area contributed by atoms with Crippen molar-refractivity contribution in [2.75, 3.05) is 20.2 Å². The highest BCUT2D eigenvalue weighted by Gasteiger charge is 2.43. The van der Waals surface area contributed by atoms with E-state index >= 15 is 0 Å². The lowest BCUT2D eigenvalue weighted by Crippen LogP contribution is -2.51. The molecule has 9 heteroatoms. The molecule has 0 bridgehead atoms. The number of carbonyl (C=O) groups is 2. The minimum absolute atomic E-state index is 0.0847. The van der Waals surface area contributed by atoms with Crippen LogP contribution in [-0.2, 0) is 22.7 Å². The van der Waals surface area contributed by atoms with Gasteiger partial charge in [0.25, 0.3) is 0 Å². The lowest BCUT2D eigenvalue weighted by molar-refractivity contribution is -0.139. The van der Waals surface area contributed by atoms with Crippen LogP contribution in [0.4, 0.5) is 4.79 Å². The van der Waals surface area contributed by atoms with Crippen LogP contribution in [0, 0.1) is 19.8 Å². The third-order valence-corrected chi connectivity index (χ3v) is 8.83. The summed E-state index contributed by atoms with van der Waals surface area (Å²) in [5, 5.41) is 0.334. The zero-order valence-electron chi connectivity index (χ0n) is 27.1. The standard InChI is InChI=1S/C36H44ClN3O5/c1-23-9-7-11-27(24(23)2)20-40(28-13-14-28)34(41)31-21-39(35(42)45-36(3,4)5)16-15-30(31)26-10-8-12-29(19-26)44-22-25-17-32(37)38-33(18-25)43-6/h7-12,17-19,28,30-31H,13-16,20-22H2,1-6H3/t30-,31+/m1/s1. The zero-order valence-corrected chi connectivity index (χ0v) is 27.9. The number of aryl methyl sites for hydroxylation is 1. The molecule has 0 N–H and O–H groups in total. The van der Waals surface area contributed by atoms with Gasteiger partial charge in [-0.25, -0.2) is 9.78 Å². The number of rotatable bonds is 9. The largest absolute Gasteiger partial charge is 0.489 e. The minimum atomic E-state index is -0.620. The Morgan fingerprint density at radius 3 is 2.51 bits per heavy atom. The van der Waals surface area contributed by atoms with Crippen molar-refractivity contribution >= 4 is 23.6 Å². The highest BCUT2D eigenvalue weighted by Crippen LogP contribution is 2.39. The number of amides is 2. The molecule has 2 atom stereocenters. The van der Waals surface area contributed by atoms with Crippen LogP contribution in [-0.4, -0.2) is 58.6 Å². The molecule has 1 saturated carbocycles. The van der Waals surface area contributed by atoms with Gasteiger partial charge in [0.05, 0.1) is 13.0 Å². The molecule has 1 aliphatic heterocycles. The first-order valence-electron chi connectivity index (χ1n) is 15.7. The summed E-state index contributed by atoms with van der Waals surface area (Å²) in [5.41, 5.74) is 4.82. The van der Waals surface area contributed by atoms with Crippen LogP contribution in [0.2, 0.25) is 5.15 Å². The quantitative estimate of drug-likeness (QED) is 0.227. The molecule has 5 rings (SSSR count). The van der Waals surface area contributed by atoms with Crippen LogP contribution >= 0.6 is 11.6 Å². The summed E-state index contributed by atoms with van der Waals surface area (Å²) in [6.07, 6.45) is 2.25. The molecule has 0 radical (unpaired) electrons. The Kier molecular flexibility index (Phi) is 9.92. The van der Waals surface area contributed by atoms with Gasteiger partial charge in [0.1, 0.15) is 23.1 Å². The van der Waals surface area contributed by atoms with Crippen LogP contribution < -0.4 is 9.47 Å². The van der Waals surface area contributed by atoms with Gasteiger partial charge in [0.2, 0.25) is 11.8 Å². The molecular formula is C36H44ClN3O5. The van der Waals surface area contributed by atoms with Crippen molar-refractivity contribution in [2.24, 2.45) is 5.92 Å². The first-order chi connectivity index (χ1) is 21.4. The van der Waals surface area contributed by atoms with Crippen LogP contribution in [0.1, 0.15) is 73.8 Å². The molecule has 3 aromatic rings. The van der Waals surface area contributed by atoms with E-state index in [-0.39, 0.29) is 30.6 Å². The number of carbonyl (C=O) groups excluding carboxylic acids is 2. The second-order valence-electron chi connectivity index (χ2n) is 13.2. The predicted molar refractivity (Wildman–Crippen MR) is 175 cm³/mol. The maximum atomic E-state index is 14.6. The Labute approximate surface area is 271 Å². The van der Waals surface area contributed by atoms with Crippen molar-refractivity contribution < 1.29 is 23.8 Å². The van der Waals surface area contributed by atoms with Gasteiger partial charge in [-0.2, -0.15) is 0 Å². The van der Waals surface area contributed by atoms with E-state index in [1.54, 1.807) is 24.1 Å². The summed E-state index contributed by atoms with van der Waals surface area (Å²) in [4.78, 5) is 35.7. The Bertz CT molecular complexity index is 1530. The van der Waals surface area contributed by atoms with Gasteiger partial charge in [-0.3, -0.25) is 4.79 Å². The van der Waals surface area contributed by atoms with Gasteiger partial charge >= 0.3 is 6.09 Å². The third kappa shape index (κ3) is 8.28. The fourth-order valence-corrected chi connectivity index (χ4v) is 6.18. The van der Waals surface area contributed by atoms with E-state index in [0.717, 1.165) is 29.5 Å². The van der Waals surface area contributed by atoms with E-state index in [1.807, 2.05) is 39.0 Å². The number of aromatic nitrogens is 1. The van der Waals surface area contributed by atoms with Crippen molar-refractivity contribution in [3.05, 3.63) is 87.6 Å². The molecule has 2 fully saturated rings. The maximum Gasteiger partial charge on any atom is 0.410 e. The molecule has 0 unspecified atom stereocenters. The molecule has 1 saturated heterocycles. The molecule has 2 aliphatic rings. The van der Waals surface area contributed by atoms with Crippen LogP contribution in [0.25, 0.3) is 0 Å². The van der Waals surface area contributed by atoms with Gasteiger partial charge in [-0.15, -0.1) is 0 Å². The van der Waals surface area contributed by atoms with E-state index in [2.05, 4.69) is 48.0 Å². The topological polar surface area (TPSA) is 81.2 Å². The Morgan fingerprint density at radius 1 is 1.04 bits per heavy atom. The summed E-state index contributed by atoms with van der Waals surface area (Å²) >= 11 is 6.15. The van der Waals surface area contributed by atoms with E-state index in [9.17, 15) is 9.59 Å². The molecule has 240 valence electrons. The summed E-state index contributed by atoms with van der Waals surface area (Å²) in [6.45, 7) is 11.5. The number of ether oxygens (including phenoxy) is 3. The van der Waals surface area contributed by atoms with Crippen LogP contribution in [0.3, 0.4) is 0 Å². The Morgan fingerprint density at radius 2 is 1.80 bits per heavy atom. The number of methoxy groups -OCH3 is 1. The lowest BCUT2D eigenvalue weighted by Gasteiger charge is -2.40. The van der Waals surface area contributed by atoms with E-state index < -0.39 is 11.5 Å². The molecule has 2 amide bonds. The van der Waals surface area contributed by atoms with Gasteiger partial charge in [0, 0.05) is 31.7 Å². The van der Waals surface area contributed by atoms with Crippen LogP contribution in [0.15, 0.2) is 54.6 Å². The SMILES string of the molecule is COc1cc(COc2cccc([C@H]3CCN(C(=O)OC(C)(C)C)C[C@@H]3C(=O)N(Cc3cccc(C)c3C)C3CC3)c2)cc(Cl)n1. The minimum Gasteiger partial charge on any atom is -0.489 e. The average Bonchev–Trinajstić information content (AvgIpc) is 3.85. The molecular weight excluding hydrogens is 590 g/mol. The first kappa shape index (κ1) is 32.6. The summed E-state index contributed by atoms with van der Waals surface area (Å²) < 4.78 is 17.1. The molecule has 8 nitrogen and oxygen atoms in total. The fraction of sp³-hybridized carbons (Fsp3) is 0.472. The van der Waals surface area contributed by atoms with Gasteiger partial charge in [-0.1, -0.05) is 41.9 Å². The van der Waals surface area contributed by atoms with Crippen molar-refractivity contribution in [3.8, 4) is 11.6 Å². The molecule has 2 heterocycles. The predicted octanol–water partition coefficient (Wildman–Crippen LogP) is 7.47. The number of nitrogens with zero attached hydrogens (tertiary/aromatic N) is 3. The van der Waals surface area contributed by atoms with Gasteiger partial charge in [-0.05, 0) is 106 Å². The van der Waals surface area contributed by atoms with Gasteiger partial charge < -0.3 is 24.0 Å². The summed E-state index contributed by atoms with van der Waals surface area (Å²) in [7, 11) is 1.55. The third-order valence-electron chi connectivity index (χ3n) is 8.64. The Hall–Kier alpha value is -3.78. The van der Waals surface area contributed by atoms with E-state index in [1.165, 1.54) is 11.1 Å². The highest BCUT2D eigenvalue weighted by atomic mass is 35.5. The molecule has 1 aliphatic carbocycles. The summed E-state index contributed by atoms with van der Waals surface area (Å²) in [6, 6.07) is 18.0. The smallest absolute Gasteiger partial charge is 0.410 e. The molecule has 45 heavy (non-hydrogen) atoms. The zero-order chi connectivity index (χ0) is 32.3. The average molecular weight is 634 g/mol. The van der Waals surface area contributed by atoms with Gasteiger partial charge in [0.15, 0.2) is 0 Å². The second-order valence-corrected chi connectivity index (χ2v) is 13.6. The Balaban J connectivity index is 1.41. The van der Waals surface area contributed by atoms with Crippen molar-refractivity contribution in [3.63, 3.8) is 0 Å². The van der Waals surface area contributed by atoms with Crippen molar-refractivity contribution in [1.29, 1.82) is 0 Å². The normalized spacial score (nSPS) is 18.3. The van der Waals surface area contributed by atoms with Crippen molar-refractivity contribution in [2.45, 2.75) is 84.6 Å². The van der Waals surface area contributed by atoms with Crippen molar-refractivity contribution in [1.82, 2.24) is 14.8 Å². The fourth-order valence-electron chi connectivity index (χ4n) is 5.96. The monoisotopic (exact) mass is 633 g/mol. The second kappa shape index (κ2) is 13.7. The summed E-state index contributed by atoms with van der Waals surface area (Å²) in [5.74, 6) is 0.690. The molecule has 1 aromatic heterocycles. The number of pyridine rings is 1. The maximum absolute atomic E-state index is 14.6. The lowest BCUT2D eigenvalue weighted by atomic mass is 9.79. The molecule has 0 spiro atoms. The number of piperidine rings is 1. The first-order valence-corrected chi connectivity index (χ1v) is 16.1.